The summed E-state index contributed by atoms with van der Waals surface area (Å²) in [5, 5.41) is 5.83. The Bertz CT molecular complexity index is 911. The van der Waals surface area contributed by atoms with E-state index in [-0.39, 0.29) is 11.9 Å². The van der Waals surface area contributed by atoms with Crippen molar-refractivity contribution in [2.45, 2.75) is 12.5 Å². The minimum Gasteiger partial charge on any atom is -0.379 e. The Hall–Kier alpha value is -2.61. The van der Waals surface area contributed by atoms with Crippen LogP contribution in [0.1, 0.15) is 32.8 Å². The van der Waals surface area contributed by atoms with Crippen LogP contribution in [0, 0.1) is 0 Å². The zero-order valence-electron chi connectivity index (χ0n) is 16.2. The summed E-state index contributed by atoms with van der Waals surface area (Å²) in [5.41, 5.74) is 2.62. The molecule has 0 unspecified atom stereocenters. The van der Waals surface area contributed by atoms with Gasteiger partial charge >= 0.3 is 0 Å². The lowest BCUT2D eigenvalue weighted by molar-refractivity contribution is 0.0153. The van der Waals surface area contributed by atoms with Crippen molar-refractivity contribution < 1.29 is 9.53 Å². The highest BCUT2D eigenvalue weighted by molar-refractivity contribution is 7.09. The normalized spacial score (nSPS) is 15.7. The highest BCUT2D eigenvalue weighted by Crippen LogP contribution is 2.20. The number of pyridine rings is 1. The molecule has 0 aliphatic carbocycles. The Morgan fingerprint density at radius 2 is 1.93 bits per heavy atom. The number of amides is 1. The van der Waals surface area contributed by atoms with Crippen LogP contribution in [-0.2, 0) is 11.2 Å². The lowest BCUT2D eigenvalue weighted by atomic mass is 10.1. The number of benzene rings is 1. The van der Waals surface area contributed by atoms with Gasteiger partial charge in [0.15, 0.2) is 0 Å². The third-order valence-electron chi connectivity index (χ3n) is 4.95. The van der Waals surface area contributed by atoms with E-state index in [9.17, 15) is 4.79 Å². The minimum absolute atomic E-state index is 0.0199. The van der Waals surface area contributed by atoms with Gasteiger partial charge in [0.1, 0.15) is 5.69 Å². The van der Waals surface area contributed by atoms with Crippen molar-refractivity contribution in [3.8, 4) is 0 Å². The van der Waals surface area contributed by atoms with Crippen LogP contribution in [-0.4, -0.2) is 53.6 Å². The molecular formula is C22H24N4O2S. The van der Waals surface area contributed by atoms with Crippen molar-refractivity contribution in [3.63, 3.8) is 0 Å². The molecule has 0 radical (unpaired) electrons. The van der Waals surface area contributed by atoms with Gasteiger partial charge in [-0.1, -0.05) is 36.4 Å². The Labute approximate surface area is 174 Å². The van der Waals surface area contributed by atoms with Gasteiger partial charge in [-0.25, -0.2) is 4.98 Å². The molecule has 6 nitrogen and oxygen atoms in total. The number of rotatable bonds is 7. The lowest BCUT2D eigenvalue weighted by Crippen LogP contribution is -2.44. The molecule has 1 atom stereocenters. The fourth-order valence-electron chi connectivity index (χ4n) is 3.43. The molecule has 1 aliphatic heterocycles. The van der Waals surface area contributed by atoms with E-state index in [1.54, 1.807) is 6.20 Å². The second kappa shape index (κ2) is 9.73. The molecular weight excluding hydrogens is 384 g/mol. The summed E-state index contributed by atoms with van der Waals surface area (Å²) >= 11 is 1.52. The molecule has 1 aliphatic rings. The monoisotopic (exact) mass is 408 g/mol. The van der Waals surface area contributed by atoms with Gasteiger partial charge < -0.3 is 10.1 Å². The zero-order chi connectivity index (χ0) is 19.9. The van der Waals surface area contributed by atoms with E-state index in [0.717, 1.165) is 30.2 Å². The molecule has 1 saturated heterocycles. The quantitative estimate of drug-likeness (QED) is 0.651. The number of ether oxygens (including phenoxy) is 1. The van der Waals surface area contributed by atoms with Gasteiger partial charge in [0.25, 0.3) is 5.91 Å². The number of carbonyl (C=O) groups is 1. The smallest absolute Gasteiger partial charge is 0.270 e. The molecule has 0 bridgehead atoms. The van der Waals surface area contributed by atoms with Crippen LogP contribution < -0.4 is 5.32 Å². The molecule has 3 aromatic rings. The second-order valence-electron chi connectivity index (χ2n) is 6.92. The second-order valence-corrected chi connectivity index (χ2v) is 7.86. The number of aromatic nitrogens is 2. The average molecular weight is 409 g/mol. The lowest BCUT2D eigenvalue weighted by Gasteiger charge is -2.34. The molecule has 1 amide bonds. The molecule has 1 N–H and O–H groups in total. The number of thiazole rings is 1. The third-order valence-corrected chi connectivity index (χ3v) is 5.80. The van der Waals surface area contributed by atoms with Crippen LogP contribution in [0.25, 0.3) is 0 Å². The first-order valence-corrected chi connectivity index (χ1v) is 10.7. The molecule has 3 heterocycles. The largest absolute Gasteiger partial charge is 0.379 e. The van der Waals surface area contributed by atoms with Crippen molar-refractivity contribution in [1.29, 1.82) is 0 Å². The summed E-state index contributed by atoms with van der Waals surface area (Å²) in [6.07, 6.45) is 2.53. The molecule has 29 heavy (non-hydrogen) atoms. The van der Waals surface area contributed by atoms with Crippen LogP contribution in [0.4, 0.5) is 0 Å². The third kappa shape index (κ3) is 5.26. The van der Waals surface area contributed by atoms with E-state index in [1.807, 2.05) is 41.8 Å². The van der Waals surface area contributed by atoms with Crippen molar-refractivity contribution in [1.82, 2.24) is 20.2 Å². The van der Waals surface area contributed by atoms with Crippen LogP contribution in [0.5, 0.6) is 0 Å². The van der Waals surface area contributed by atoms with E-state index in [4.69, 9.17) is 4.74 Å². The maximum atomic E-state index is 12.7. The Morgan fingerprint density at radius 3 is 2.69 bits per heavy atom. The maximum Gasteiger partial charge on any atom is 0.270 e. The minimum atomic E-state index is -0.144. The molecule has 150 valence electrons. The van der Waals surface area contributed by atoms with Crippen molar-refractivity contribution >= 4 is 17.2 Å². The standard InChI is InChI=1S/C22H24N4O2S/c27-22(19-16-29-21(25-19)14-17-6-2-1-3-7-17)24-15-20(18-8-4-5-9-23-18)26-10-12-28-13-11-26/h1-9,16,20H,10-15H2,(H,24,27)/t20-/m1/s1. The summed E-state index contributed by atoms with van der Waals surface area (Å²) in [5.74, 6) is -0.144. The maximum absolute atomic E-state index is 12.7. The van der Waals surface area contributed by atoms with E-state index in [1.165, 1.54) is 16.9 Å². The van der Waals surface area contributed by atoms with Crippen LogP contribution >= 0.6 is 11.3 Å². The van der Waals surface area contributed by atoms with E-state index in [2.05, 4.69) is 32.3 Å². The Kier molecular flexibility index (Phi) is 6.61. The van der Waals surface area contributed by atoms with Gasteiger partial charge in [-0.05, 0) is 17.7 Å². The predicted octanol–water partition coefficient (Wildman–Crippen LogP) is 2.93. The number of nitrogens with one attached hydrogen (secondary N) is 1. The SMILES string of the molecule is O=C(NC[C@H](c1ccccn1)N1CCOCC1)c1csc(Cc2ccccc2)n1. The molecule has 7 heteroatoms. The molecule has 0 saturated carbocycles. The van der Waals surface area contributed by atoms with Gasteiger partial charge in [0.05, 0.1) is 30.0 Å². The topological polar surface area (TPSA) is 67.4 Å². The first-order valence-electron chi connectivity index (χ1n) is 9.79. The van der Waals surface area contributed by atoms with E-state index < -0.39 is 0 Å². The molecule has 0 spiro atoms. The van der Waals surface area contributed by atoms with Crippen LogP contribution in [0.2, 0.25) is 0 Å². The number of carbonyl (C=O) groups excluding carboxylic acids is 1. The van der Waals surface area contributed by atoms with Crippen molar-refractivity contribution in [2.75, 3.05) is 32.8 Å². The van der Waals surface area contributed by atoms with Gasteiger partial charge in [-0.3, -0.25) is 14.7 Å². The van der Waals surface area contributed by atoms with E-state index >= 15 is 0 Å². The molecule has 1 fully saturated rings. The predicted molar refractivity (Wildman–Crippen MR) is 113 cm³/mol. The number of hydrogen-bond donors (Lipinski definition) is 1. The summed E-state index contributed by atoms with van der Waals surface area (Å²) < 4.78 is 5.47. The van der Waals surface area contributed by atoms with Gasteiger partial charge in [0, 0.05) is 37.6 Å². The van der Waals surface area contributed by atoms with Gasteiger partial charge in [-0.2, -0.15) is 0 Å². The Morgan fingerprint density at radius 1 is 1.14 bits per heavy atom. The van der Waals surface area contributed by atoms with Gasteiger partial charge in [0.2, 0.25) is 0 Å². The highest BCUT2D eigenvalue weighted by Gasteiger charge is 2.24. The fourth-order valence-corrected chi connectivity index (χ4v) is 4.24. The molecule has 1 aromatic carbocycles. The highest BCUT2D eigenvalue weighted by atomic mass is 32.1. The van der Waals surface area contributed by atoms with Gasteiger partial charge in [-0.15, -0.1) is 11.3 Å². The zero-order valence-corrected chi connectivity index (χ0v) is 17.0. The Balaban J connectivity index is 1.40. The average Bonchev–Trinajstić information content (AvgIpc) is 3.25. The number of nitrogens with zero attached hydrogens (tertiary/aromatic N) is 3. The van der Waals surface area contributed by atoms with Crippen molar-refractivity contribution in [3.05, 3.63) is 82.1 Å². The number of morpholine rings is 1. The molecule has 2 aromatic heterocycles. The first-order chi connectivity index (χ1) is 14.3. The summed E-state index contributed by atoms with van der Waals surface area (Å²) in [7, 11) is 0. The van der Waals surface area contributed by atoms with Crippen LogP contribution in [0.3, 0.4) is 0 Å². The van der Waals surface area contributed by atoms with Crippen LogP contribution in [0.15, 0.2) is 60.1 Å². The van der Waals surface area contributed by atoms with E-state index in [0.29, 0.717) is 25.5 Å². The molecule has 4 rings (SSSR count). The summed E-state index contributed by atoms with van der Waals surface area (Å²) in [6, 6.07) is 16.1. The first kappa shape index (κ1) is 19.7. The summed E-state index contributed by atoms with van der Waals surface area (Å²) in [4.78, 5) is 24.0. The fraction of sp³-hybridized carbons (Fsp3) is 0.318. The summed E-state index contributed by atoms with van der Waals surface area (Å²) in [6.45, 7) is 3.55. The van der Waals surface area contributed by atoms with Crippen molar-refractivity contribution in [2.24, 2.45) is 0 Å². The number of hydrogen-bond acceptors (Lipinski definition) is 6.